The van der Waals surface area contributed by atoms with E-state index in [-0.39, 0.29) is 11.9 Å². The highest BCUT2D eigenvalue weighted by atomic mass is 16.5. The lowest BCUT2D eigenvalue weighted by molar-refractivity contribution is 0.0908. The molecule has 166 valence electrons. The number of amides is 1. The maximum absolute atomic E-state index is 12.7. The van der Waals surface area contributed by atoms with Crippen LogP contribution < -0.4 is 14.8 Å². The van der Waals surface area contributed by atoms with Crippen molar-refractivity contribution in [1.29, 1.82) is 0 Å². The highest BCUT2D eigenvalue weighted by Crippen LogP contribution is 2.21. The second kappa shape index (κ2) is 10.8. The third-order valence-corrected chi connectivity index (χ3v) is 5.87. The fourth-order valence-electron chi connectivity index (χ4n) is 4.01. The van der Waals surface area contributed by atoms with Gasteiger partial charge in [-0.15, -0.1) is 0 Å². The standard InChI is InChI=1S/C27H30N2O3/c1-31-26-10-6-5-7-23(26)19-29-17-15-24(16-18-29)28-27(30)22-13-11-21(12-14-22)20-32-25-8-3-2-4-9-25/h2-14,24H,15-20H2,1H3,(H,28,30). The summed E-state index contributed by atoms with van der Waals surface area (Å²) in [4.78, 5) is 15.1. The van der Waals surface area contributed by atoms with Gasteiger partial charge in [0.2, 0.25) is 0 Å². The van der Waals surface area contributed by atoms with Crippen molar-refractivity contribution in [3.05, 3.63) is 95.6 Å². The molecule has 0 saturated carbocycles. The number of rotatable bonds is 8. The van der Waals surface area contributed by atoms with Gasteiger partial charge in [0.15, 0.2) is 0 Å². The quantitative estimate of drug-likeness (QED) is 0.564. The highest BCUT2D eigenvalue weighted by molar-refractivity contribution is 5.94. The van der Waals surface area contributed by atoms with Gasteiger partial charge in [0.05, 0.1) is 7.11 Å². The molecule has 1 amide bonds. The molecule has 32 heavy (non-hydrogen) atoms. The van der Waals surface area contributed by atoms with Crippen molar-refractivity contribution in [3.63, 3.8) is 0 Å². The average Bonchev–Trinajstić information content (AvgIpc) is 2.85. The van der Waals surface area contributed by atoms with Gasteiger partial charge in [-0.3, -0.25) is 9.69 Å². The lowest BCUT2D eigenvalue weighted by atomic mass is 10.0. The van der Waals surface area contributed by atoms with Crippen LogP contribution in [0.15, 0.2) is 78.9 Å². The van der Waals surface area contributed by atoms with Crippen LogP contribution in [0.3, 0.4) is 0 Å². The van der Waals surface area contributed by atoms with E-state index in [9.17, 15) is 4.79 Å². The zero-order valence-electron chi connectivity index (χ0n) is 18.5. The van der Waals surface area contributed by atoms with Crippen LogP contribution in [0.5, 0.6) is 11.5 Å². The summed E-state index contributed by atoms with van der Waals surface area (Å²) in [5, 5.41) is 3.20. The first-order valence-electron chi connectivity index (χ1n) is 11.1. The minimum absolute atomic E-state index is 0.0105. The molecule has 0 spiro atoms. The minimum Gasteiger partial charge on any atom is -0.496 e. The molecule has 0 aromatic heterocycles. The van der Waals surface area contributed by atoms with Crippen molar-refractivity contribution in [3.8, 4) is 11.5 Å². The number of carbonyl (C=O) groups is 1. The van der Waals surface area contributed by atoms with E-state index < -0.39 is 0 Å². The molecular formula is C27H30N2O3. The highest BCUT2D eigenvalue weighted by Gasteiger charge is 2.22. The normalized spacial score (nSPS) is 14.7. The summed E-state index contributed by atoms with van der Waals surface area (Å²) in [6.07, 6.45) is 1.90. The van der Waals surface area contributed by atoms with Crippen LogP contribution in [-0.4, -0.2) is 37.0 Å². The van der Waals surface area contributed by atoms with Gasteiger partial charge >= 0.3 is 0 Å². The number of ether oxygens (including phenoxy) is 2. The fraction of sp³-hybridized carbons (Fsp3) is 0.296. The van der Waals surface area contributed by atoms with Gasteiger partial charge in [-0.05, 0) is 48.7 Å². The van der Waals surface area contributed by atoms with Crippen molar-refractivity contribution in [2.24, 2.45) is 0 Å². The predicted octanol–water partition coefficient (Wildman–Crippen LogP) is 4.67. The number of benzene rings is 3. The van der Waals surface area contributed by atoms with Crippen LogP contribution in [0.4, 0.5) is 0 Å². The molecule has 5 nitrogen and oxygen atoms in total. The summed E-state index contributed by atoms with van der Waals surface area (Å²) in [7, 11) is 1.71. The number of hydrogen-bond donors (Lipinski definition) is 1. The zero-order chi connectivity index (χ0) is 22.2. The molecule has 5 heteroatoms. The summed E-state index contributed by atoms with van der Waals surface area (Å²) in [6, 6.07) is 25.7. The van der Waals surface area contributed by atoms with E-state index in [1.807, 2.05) is 72.8 Å². The zero-order valence-corrected chi connectivity index (χ0v) is 18.5. The van der Waals surface area contributed by atoms with E-state index in [2.05, 4.69) is 16.3 Å². The van der Waals surface area contributed by atoms with E-state index in [0.29, 0.717) is 12.2 Å². The Bertz CT molecular complexity index is 997. The van der Waals surface area contributed by atoms with Crippen LogP contribution >= 0.6 is 0 Å². The van der Waals surface area contributed by atoms with E-state index in [0.717, 1.165) is 49.5 Å². The molecule has 0 atom stereocenters. The van der Waals surface area contributed by atoms with Gasteiger partial charge in [0, 0.05) is 36.8 Å². The molecule has 1 fully saturated rings. The number of nitrogens with one attached hydrogen (secondary N) is 1. The number of piperidine rings is 1. The summed E-state index contributed by atoms with van der Waals surface area (Å²) >= 11 is 0. The molecule has 3 aromatic rings. The van der Waals surface area contributed by atoms with E-state index in [4.69, 9.17) is 9.47 Å². The number of hydrogen-bond acceptors (Lipinski definition) is 4. The van der Waals surface area contributed by atoms with Gasteiger partial charge in [0.25, 0.3) is 5.91 Å². The van der Waals surface area contributed by atoms with Gasteiger partial charge in [-0.25, -0.2) is 0 Å². The Morgan fingerprint density at radius 1 is 0.938 bits per heavy atom. The first-order valence-corrected chi connectivity index (χ1v) is 11.1. The molecule has 1 heterocycles. The third kappa shape index (κ3) is 5.89. The van der Waals surface area contributed by atoms with Crippen molar-refractivity contribution in [1.82, 2.24) is 10.2 Å². The Hall–Kier alpha value is -3.31. The second-order valence-corrected chi connectivity index (χ2v) is 8.13. The Kier molecular flexibility index (Phi) is 7.41. The minimum atomic E-state index is -0.0105. The molecular weight excluding hydrogens is 400 g/mol. The van der Waals surface area contributed by atoms with Crippen LogP contribution in [0.25, 0.3) is 0 Å². The molecule has 0 aliphatic carbocycles. The van der Waals surface area contributed by atoms with Crippen LogP contribution in [-0.2, 0) is 13.2 Å². The summed E-state index contributed by atoms with van der Waals surface area (Å²) in [6.45, 7) is 3.27. The Balaban J connectivity index is 1.23. The molecule has 3 aromatic carbocycles. The van der Waals surface area contributed by atoms with Crippen molar-refractivity contribution in [2.75, 3.05) is 20.2 Å². The fourth-order valence-corrected chi connectivity index (χ4v) is 4.01. The number of methoxy groups -OCH3 is 1. The molecule has 1 aliphatic rings. The SMILES string of the molecule is COc1ccccc1CN1CCC(NC(=O)c2ccc(COc3ccccc3)cc2)CC1. The van der Waals surface area contributed by atoms with Crippen LogP contribution in [0, 0.1) is 0 Å². The predicted molar refractivity (Wildman–Crippen MR) is 126 cm³/mol. The van der Waals surface area contributed by atoms with Gasteiger partial charge < -0.3 is 14.8 Å². The Morgan fingerprint density at radius 3 is 2.34 bits per heavy atom. The van der Waals surface area contributed by atoms with Gasteiger partial charge in [-0.2, -0.15) is 0 Å². The number of likely N-dealkylation sites (tertiary alicyclic amines) is 1. The van der Waals surface area contributed by atoms with Gasteiger partial charge in [-0.1, -0.05) is 48.5 Å². The van der Waals surface area contributed by atoms with Crippen molar-refractivity contribution < 1.29 is 14.3 Å². The lowest BCUT2D eigenvalue weighted by Gasteiger charge is -2.32. The largest absolute Gasteiger partial charge is 0.496 e. The van der Waals surface area contributed by atoms with E-state index in [1.54, 1.807) is 7.11 Å². The summed E-state index contributed by atoms with van der Waals surface area (Å²) in [5.74, 6) is 1.76. The molecule has 1 aliphatic heterocycles. The molecule has 0 radical (unpaired) electrons. The Labute approximate surface area is 190 Å². The number of carbonyl (C=O) groups excluding carboxylic acids is 1. The van der Waals surface area contributed by atoms with E-state index >= 15 is 0 Å². The molecule has 4 rings (SSSR count). The summed E-state index contributed by atoms with van der Waals surface area (Å²) < 4.78 is 11.2. The van der Waals surface area contributed by atoms with Gasteiger partial charge in [0.1, 0.15) is 18.1 Å². The maximum Gasteiger partial charge on any atom is 0.251 e. The first-order chi connectivity index (χ1) is 15.7. The topological polar surface area (TPSA) is 50.8 Å². The van der Waals surface area contributed by atoms with Crippen LogP contribution in [0.2, 0.25) is 0 Å². The van der Waals surface area contributed by atoms with Crippen LogP contribution in [0.1, 0.15) is 34.3 Å². The molecule has 1 saturated heterocycles. The smallest absolute Gasteiger partial charge is 0.251 e. The van der Waals surface area contributed by atoms with Crippen molar-refractivity contribution >= 4 is 5.91 Å². The molecule has 0 bridgehead atoms. The summed E-state index contributed by atoms with van der Waals surface area (Å²) in [5.41, 5.74) is 2.92. The first kappa shape index (κ1) is 21.9. The lowest BCUT2D eigenvalue weighted by Crippen LogP contribution is -2.44. The average molecular weight is 431 g/mol. The third-order valence-electron chi connectivity index (χ3n) is 5.87. The van der Waals surface area contributed by atoms with E-state index in [1.165, 1.54) is 5.56 Å². The number of nitrogens with zero attached hydrogens (tertiary/aromatic N) is 1. The second-order valence-electron chi connectivity index (χ2n) is 8.13. The molecule has 0 unspecified atom stereocenters. The number of para-hydroxylation sites is 2. The van der Waals surface area contributed by atoms with Crippen molar-refractivity contribution in [2.45, 2.75) is 32.0 Å². The monoisotopic (exact) mass is 430 g/mol. The molecule has 1 N–H and O–H groups in total. The Morgan fingerprint density at radius 2 is 1.62 bits per heavy atom. The maximum atomic E-state index is 12.7.